The van der Waals surface area contributed by atoms with Crippen LogP contribution in [0.4, 0.5) is 11.4 Å². The Hall–Kier alpha value is -1.26. The molecule has 0 saturated carbocycles. The first-order chi connectivity index (χ1) is 9.79. The van der Waals surface area contributed by atoms with Gasteiger partial charge in [0, 0.05) is 37.6 Å². The maximum Gasteiger partial charge on any atom is 0.0368 e. The molecule has 2 rings (SSSR count). The average Bonchev–Trinajstić information content (AvgIpc) is 2.51. The van der Waals surface area contributed by atoms with E-state index in [1.54, 1.807) is 0 Å². The van der Waals surface area contributed by atoms with Crippen molar-refractivity contribution >= 4 is 11.4 Å². The van der Waals surface area contributed by atoms with E-state index in [0.717, 1.165) is 44.8 Å². The normalized spacial score (nSPS) is 15.7. The molecule has 0 unspecified atom stereocenters. The van der Waals surface area contributed by atoms with Crippen molar-refractivity contribution in [2.24, 2.45) is 5.73 Å². The maximum atomic E-state index is 5.71. The lowest BCUT2D eigenvalue weighted by Crippen LogP contribution is -2.46. The molecule has 1 aromatic carbocycles. The second-order valence-electron chi connectivity index (χ2n) is 4.92. The first kappa shape index (κ1) is 16.8. The Morgan fingerprint density at radius 2 is 1.55 bits per heavy atom. The highest BCUT2D eigenvalue weighted by Crippen LogP contribution is 2.18. The number of rotatable bonds is 5. The van der Waals surface area contributed by atoms with Crippen LogP contribution in [0.5, 0.6) is 0 Å². The van der Waals surface area contributed by atoms with E-state index >= 15 is 0 Å². The summed E-state index contributed by atoms with van der Waals surface area (Å²) in [4.78, 5) is 4.96. The number of piperazine rings is 1. The largest absolute Gasteiger partial charge is 0.399 e. The molecule has 1 fully saturated rings. The van der Waals surface area contributed by atoms with Gasteiger partial charge in [-0.1, -0.05) is 13.8 Å². The molecule has 1 aliphatic heterocycles. The predicted octanol–water partition coefficient (Wildman–Crippen LogP) is 2.16. The van der Waals surface area contributed by atoms with Crippen molar-refractivity contribution in [2.45, 2.75) is 26.7 Å². The van der Waals surface area contributed by atoms with Crippen LogP contribution in [0.15, 0.2) is 24.3 Å². The lowest BCUT2D eigenvalue weighted by atomic mass is 10.2. The summed E-state index contributed by atoms with van der Waals surface area (Å²) in [5.74, 6) is 0. The molecule has 1 aliphatic rings. The van der Waals surface area contributed by atoms with Gasteiger partial charge in [-0.3, -0.25) is 4.90 Å². The van der Waals surface area contributed by atoms with E-state index in [4.69, 9.17) is 11.5 Å². The summed E-state index contributed by atoms with van der Waals surface area (Å²) < 4.78 is 0. The lowest BCUT2D eigenvalue weighted by Gasteiger charge is -2.36. The van der Waals surface area contributed by atoms with Gasteiger partial charge in [-0.15, -0.1) is 0 Å². The average molecular weight is 278 g/mol. The SMILES string of the molecule is CC.NCCCCN1CCN(c2ccc(N)cc2)CC1. The molecule has 0 spiro atoms. The number of unbranched alkanes of at least 4 members (excludes halogenated alkanes) is 1. The standard InChI is InChI=1S/C14H24N4.C2H6/c15-7-1-2-8-17-9-11-18(12-10-17)14-5-3-13(16)4-6-14;1-2/h3-6H,1-2,7-12,15-16H2;1-2H3. The molecule has 0 aliphatic carbocycles. The molecule has 20 heavy (non-hydrogen) atoms. The smallest absolute Gasteiger partial charge is 0.0368 e. The predicted molar refractivity (Wildman–Crippen MR) is 89.1 cm³/mol. The van der Waals surface area contributed by atoms with Gasteiger partial charge in [0.15, 0.2) is 0 Å². The summed E-state index contributed by atoms with van der Waals surface area (Å²) in [5.41, 5.74) is 13.3. The number of hydrogen-bond acceptors (Lipinski definition) is 4. The Labute approximate surface area is 123 Å². The van der Waals surface area contributed by atoms with E-state index in [-0.39, 0.29) is 0 Å². The third-order valence-corrected chi connectivity index (χ3v) is 3.56. The van der Waals surface area contributed by atoms with Gasteiger partial charge in [0.1, 0.15) is 0 Å². The van der Waals surface area contributed by atoms with Gasteiger partial charge in [-0.2, -0.15) is 0 Å². The Morgan fingerprint density at radius 1 is 0.950 bits per heavy atom. The molecule has 0 bridgehead atoms. The van der Waals surface area contributed by atoms with E-state index in [1.807, 2.05) is 26.0 Å². The maximum absolute atomic E-state index is 5.71. The van der Waals surface area contributed by atoms with Crippen LogP contribution in [0.3, 0.4) is 0 Å². The Bertz CT molecular complexity index is 342. The number of hydrogen-bond donors (Lipinski definition) is 2. The molecule has 0 atom stereocenters. The van der Waals surface area contributed by atoms with E-state index < -0.39 is 0 Å². The van der Waals surface area contributed by atoms with Gasteiger partial charge in [0.25, 0.3) is 0 Å². The van der Waals surface area contributed by atoms with Crippen LogP contribution in [0, 0.1) is 0 Å². The van der Waals surface area contributed by atoms with E-state index in [1.165, 1.54) is 18.7 Å². The van der Waals surface area contributed by atoms with Gasteiger partial charge < -0.3 is 16.4 Å². The fourth-order valence-electron chi connectivity index (χ4n) is 2.39. The molecule has 1 heterocycles. The van der Waals surface area contributed by atoms with E-state index in [2.05, 4.69) is 21.9 Å². The van der Waals surface area contributed by atoms with Crippen LogP contribution in [-0.2, 0) is 0 Å². The summed E-state index contributed by atoms with van der Waals surface area (Å²) >= 11 is 0. The number of anilines is 2. The second-order valence-corrected chi connectivity index (χ2v) is 4.92. The summed E-state index contributed by atoms with van der Waals surface area (Å²) in [6.07, 6.45) is 2.36. The van der Waals surface area contributed by atoms with Crippen LogP contribution in [0.25, 0.3) is 0 Å². The molecule has 1 aromatic rings. The van der Waals surface area contributed by atoms with E-state index in [9.17, 15) is 0 Å². The third-order valence-electron chi connectivity index (χ3n) is 3.56. The van der Waals surface area contributed by atoms with Crippen molar-refractivity contribution in [3.8, 4) is 0 Å². The van der Waals surface area contributed by atoms with Crippen molar-refractivity contribution in [2.75, 3.05) is 49.9 Å². The van der Waals surface area contributed by atoms with Crippen LogP contribution < -0.4 is 16.4 Å². The van der Waals surface area contributed by atoms with Crippen molar-refractivity contribution in [3.05, 3.63) is 24.3 Å². The van der Waals surface area contributed by atoms with Gasteiger partial charge in [-0.05, 0) is 50.2 Å². The fourth-order valence-corrected chi connectivity index (χ4v) is 2.39. The number of benzene rings is 1. The van der Waals surface area contributed by atoms with Gasteiger partial charge in [-0.25, -0.2) is 0 Å². The number of nitrogens with zero attached hydrogens (tertiary/aromatic N) is 2. The minimum Gasteiger partial charge on any atom is -0.399 e. The molecule has 4 nitrogen and oxygen atoms in total. The van der Waals surface area contributed by atoms with Crippen molar-refractivity contribution in [3.63, 3.8) is 0 Å². The molecule has 1 saturated heterocycles. The molecule has 0 radical (unpaired) electrons. The van der Waals surface area contributed by atoms with Crippen molar-refractivity contribution in [1.82, 2.24) is 4.90 Å². The van der Waals surface area contributed by atoms with Crippen LogP contribution in [0.2, 0.25) is 0 Å². The molecular formula is C16H30N4. The topological polar surface area (TPSA) is 58.5 Å². The minimum atomic E-state index is 0.811. The first-order valence-electron chi connectivity index (χ1n) is 7.82. The molecule has 114 valence electrons. The molecule has 0 aromatic heterocycles. The summed E-state index contributed by atoms with van der Waals surface area (Å²) in [7, 11) is 0. The quantitative estimate of drug-likeness (QED) is 0.640. The molecule has 0 amide bonds. The van der Waals surface area contributed by atoms with Gasteiger partial charge in [0.2, 0.25) is 0 Å². The summed E-state index contributed by atoms with van der Waals surface area (Å²) in [6, 6.07) is 8.17. The second kappa shape index (κ2) is 9.61. The van der Waals surface area contributed by atoms with E-state index in [0.29, 0.717) is 0 Å². The van der Waals surface area contributed by atoms with Crippen LogP contribution in [-0.4, -0.2) is 44.2 Å². The van der Waals surface area contributed by atoms with Gasteiger partial charge in [0.05, 0.1) is 0 Å². The van der Waals surface area contributed by atoms with Crippen LogP contribution in [0.1, 0.15) is 26.7 Å². The Kier molecular flexibility index (Phi) is 8.07. The highest BCUT2D eigenvalue weighted by Gasteiger charge is 2.16. The fraction of sp³-hybridized carbons (Fsp3) is 0.625. The summed E-state index contributed by atoms with van der Waals surface area (Å²) in [6.45, 7) is 10.5. The Balaban J connectivity index is 0.000000956. The highest BCUT2D eigenvalue weighted by molar-refractivity contribution is 5.53. The first-order valence-corrected chi connectivity index (χ1v) is 7.82. The Morgan fingerprint density at radius 3 is 2.10 bits per heavy atom. The number of nitrogen functional groups attached to an aromatic ring is 1. The lowest BCUT2D eigenvalue weighted by molar-refractivity contribution is 0.253. The summed E-state index contributed by atoms with van der Waals surface area (Å²) in [5, 5.41) is 0. The molecule has 4 heteroatoms. The van der Waals surface area contributed by atoms with Crippen molar-refractivity contribution in [1.29, 1.82) is 0 Å². The zero-order chi connectivity index (χ0) is 14.8. The van der Waals surface area contributed by atoms with Crippen molar-refractivity contribution < 1.29 is 0 Å². The zero-order valence-corrected chi connectivity index (χ0v) is 13.0. The monoisotopic (exact) mass is 278 g/mol. The highest BCUT2D eigenvalue weighted by atomic mass is 15.3. The minimum absolute atomic E-state index is 0.811. The molecule has 4 N–H and O–H groups in total. The third kappa shape index (κ3) is 5.39. The van der Waals surface area contributed by atoms with Gasteiger partial charge >= 0.3 is 0 Å². The zero-order valence-electron chi connectivity index (χ0n) is 13.0. The van der Waals surface area contributed by atoms with Crippen LogP contribution >= 0.6 is 0 Å². The number of nitrogens with two attached hydrogens (primary N) is 2. The molecular weight excluding hydrogens is 248 g/mol.